The highest BCUT2D eigenvalue weighted by Gasteiger charge is 2.77. The van der Waals surface area contributed by atoms with Gasteiger partial charge in [0.25, 0.3) is 0 Å². The van der Waals surface area contributed by atoms with Gasteiger partial charge in [0.15, 0.2) is 5.60 Å². The lowest BCUT2D eigenvalue weighted by atomic mass is 9.43. The number of ketones is 2. The summed E-state index contributed by atoms with van der Waals surface area (Å²) in [4.78, 5) is 54.5. The van der Waals surface area contributed by atoms with Gasteiger partial charge in [-0.15, -0.1) is 0 Å². The molecular weight excluding hydrogens is 504 g/mol. The Labute approximate surface area is 227 Å². The molecule has 1 aromatic rings. The van der Waals surface area contributed by atoms with Crippen LogP contribution in [0.15, 0.2) is 41.5 Å². The molecule has 2 N–H and O–H groups in total. The fourth-order valence-electron chi connectivity index (χ4n) is 7.74. The minimum Gasteiger partial charge on any atom is -0.455 e. The maximum atomic E-state index is 14.3. The first kappa shape index (κ1) is 27.7. The molecule has 5 rings (SSSR count). The molecule has 1 saturated heterocycles. The number of ether oxygens (including phenoxy) is 3. The molecule has 0 amide bonds. The van der Waals surface area contributed by atoms with Crippen molar-refractivity contribution < 1.29 is 43.6 Å². The van der Waals surface area contributed by atoms with E-state index in [4.69, 9.17) is 14.2 Å². The van der Waals surface area contributed by atoms with E-state index in [2.05, 4.69) is 0 Å². The third-order valence-corrected chi connectivity index (χ3v) is 10.2. The summed E-state index contributed by atoms with van der Waals surface area (Å²) in [5, 5.41) is 23.8. The number of aliphatic hydroxyl groups excluding tert-OH is 1. The van der Waals surface area contributed by atoms with Gasteiger partial charge in [-0.1, -0.05) is 45.9 Å². The number of carbonyl (C=O) groups excluding carboxylic acids is 4. The van der Waals surface area contributed by atoms with Crippen molar-refractivity contribution in [2.45, 2.75) is 83.9 Å². The fraction of sp³-hybridized carbons (Fsp3) is 0.600. The van der Waals surface area contributed by atoms with Gasteiger partial charge in [0, 0.05) is 29.7 Å². The molecule has 210 valence electrons. The van der Waals surface area contributed by atoms with Gasteiger partial charge in [-0.25, -0.2) is 4.79 Å². The van der Waals surface area contributed by atoms with Crippen LogP contribution in [-0.4, -0.2) is 69.8 Å². The summed E-state index contributed by atoms with van der Waals surface area (Å²) >= 11 is 0. The van der Waals surface area contributed by atoms with Crippen LogP contribution >= 0.6 is 0 Å². The van der Waals surface area contributed by atoms with Crippen LogP contribution in [-0.2, 0) is 28.6 Å². The zero-order chi connectivity index (χ0) is 28.7. The average Bonchev–Trinajstić information content (AvgIpc) is 2.87. The molecule has 8 atom stereocenters. The van der Waals surface area contributed by atoms with E-state index in [1.54, 1.807) is 58.0 Å². The van der Waals surface area contributed by atoms with E-state index in [0.29, 0.717) is 12.0 Å². The van der Waals surface area contributed by atoms with Crippen LogP contribution in [0.2, 0.25) is 0 Å². The number of hydrogen-bond acceptors (Lipinski definition) is 9. The SMILES string of the molecule is CC(=O)O[C@@]12CO[C@@H]1C[C@H](C)[C@@]1(C)C(=O)C(=O)C3=C(C)[C@@H](O)C[C@@](O)([C@@H](OC(=O)c4ccccc4)[C@H]21)C3(C)C. The van der Waals surface area contributed by atoms with Crippen molar-refractivity contribution in [3.05, 3.63) is 47.0 Å². The highest BCUT2D eigenvalue weighted by atomic mass is 16.6. The second-order valence-electron chi connectivity index (χ2n) is 12.4. The Bertz CT molecular complexity index is 1280. The zero-order valence-corrected chi connectivity index (χ0v) is 23.1. The van der Waals surface area contributed by atoms with Gasteiger partial charge in [-0.05, 0) is 37.0 Å². The number of aliphatic hydroxyl groups is 2. The average molecular weight is 541 g/mol. The second kappa shape index (κ2) is 8.81. The predicted octanol–water partition coefficient (Wildman–Crippen LogP) is 2.57. The molecule has 9 heteroatoms. The molecule has 0 aromatic heterocycles. The lowest BCUT2D eigenvalue weighted by Crippen LogP contribution is -2.80. The minimum atomic E-state index is -2.02. The summed E-state index contributed by atoms with van der Waals surface area (Å²) in [6, 6.07) is 8.23. The van der Waals surface area contributed by atoms with Gasteiger partial charge in [0.05, 0.1) is 24.2 Å². The van der Waals surface area contributed by atoms with E-state index in [9.17, 15) is 29.4 Å². The minimum absolute atomic E-state index is 0.0231. The van der Waals surface area contributed by atoms with Crippen molar-refractivity contribution in [2.75, 3.05) is 6.61 Å². The molecule has 1 heterocycles. The largest absolute Gasteiger partial charge is 0.455 e. The molecule has 39 heavy (non-hydrogen) atoms. The lowest BCUT2D eigenvalue weighted by molar-refractivity contribution is -0.338. The summed E-state index contributed by atoms with van der Waals surface area (Å²) < 4.78 is 18.0. The Morgan fingerprint density at radius 2 is 1.74 bits per heavy atom. The van der Waals surface area contributed by atoms with Crippen molar-refractivity contribution in [1.82, 2.24) is 0 Å². The third kappa shape index (κ3) is 3.55. The molecule has 1 aromatic carbocycles. The summed E-state index contributed by atoms with van der Waals surface area (Å²) in [7, 11) is 0. The molecule has 0 spiro atoms. The van der Waals surface area contributed by atoms with E-state index >= 15 is 0 Å². The monoisotopic (exact) mass is 540 g/mol. The van der Waals surface area contributed by atoms with E-state index in [0.717, 1.165) is 0 Å². The van der Waals surface area contributed by atoms with E-state index in [-0.39, 0.29) is 24.2 Å². The van der Waals surface area contributed by atoms with Crippen molar-refractivity contribution >= 4 is 23.5 Å². The Morgan fingerprint density at radius 1 is 1.10 bits per heavy atom. The number of hydrogen-bond donors (Lipinski definition) is 2. The Balaban J connectivity index is 1.82. The number of rotatable bonds is 3. The van der Waals surface area contributed by atoms with Crippen LogP contribution in [0.25, 0.3) is 0 Å². The van der Waals surface area contributed by atoms with Gasteiger partial charge >= 0.3 is 11.9 Å². The third-order valence-electron chi connectivity index (χ3n) is 10.2. The van der Waals surface area contributed by atoms with Crippen molar-refractivity contribution in [1.29, 1.82) is 0 Å². The van der Waals surface area contributed by atoms with Crippen LogP contribution in [0.1, 0.15) is 64.7 Å². The first-order chi connectivity index (χ1) is 18.1. The Hall–Kier alpha value is -2.88. The second-order valence-corrected chi connectivity index (χ2v) is 12.4. The van der Waals surface area contributed by atoms with Crippen molar-refractivity contribution in [3.63, 3.8) is 0 Å². The lowest BCUT2D eigenvalue weighted by Gasteiger charge is -2.67. The molecule has 2 saturated carbocycles. The summed E-state index contributed by atoms with van der Waals surface area (Å²) in [6.07, 6.45) is -3.29. The molecule has 1 aliphatic heterocycles. The van der Waals surface area contributed by atoms with Gasteiger partial charge < -0.3 is 24.4 Å². The standard InChI is InChI=1S/C30H36O9/c1-15-12-20-29(14-37-20,39-17(3)31)23-25(38-26(35)18-10-8-7-9-11-18)30(36)13-19(32)16(2)21(27(30,4)5)22(33)24(34)28(15,23)6/h7-11,15,19-20,23,25,32,36H,12-14H2,1-6H3/t15-,19-,20+,23-,25-,28+,29-,30+/m0/s1. The zero-order valence-electron chi connectivity index (χ0n) is 23.1. The van der Waals surface area contributed by atoms with E-state index < -0.39 is 75.7 Å². The fourth-order valence-corrected chi connectivity index (χ4v) is 7.74. The highest BCUT2D eigenvalue weighted by Crippen LogP contribution is 2.64. The number of carbonyl (C=O) groups is 4. The van der Waals surface area contributed by atoms with Crippen LogP contribution in [0.4, 0.5) is 0 Å². The quantitative estimate of drug-likeness (QED) is 0.438. The topological polar surface area (TPSA) is 136 Å². The van der Waals surface area contributed by atoms with Gasteiger partial charge in [-0.2, -0.15) is 0 Å². The maximum Gasteiger partial charge on any atom is 0.338 e. The van der Waals surface area contributed by atoms with Crippen LogP contribution < -0.4 is 0 Å². The molecule has 4 aliphatic rings. The highest BCUT2D eigenvalue weighted by molar-refractivity contribution is 6.46. The van der Waals surface area contributed by atoms with Crippen LogP contribution in [0, 0.1) is 22.7 Å². The van der Waals surface area contributed by atoms with E-state index in [1.807, 2.05) is 6.92 Å². The van der Waals surface area contributed by atoms with Crippen molar-refractivity contribution in [2.24, 2.45) is 22.7 Å². The van der Waals surface area contributed by atoms with E-state index in [1.165, 1.54) is 6.92 Å². The van der Waals surface area contributed by atoms with Gasteiger partial charge in [-0.3, -0.25) is 14.4 Å². The molecule has 3 fully saturated rings. The molecular formula is C30H36O9. The van der Waals surface area contributed by atoms with Gasteiger partial charge in [0.2, 0.25) is 11.6 Å². The molecule has 2 bridgehead atoms. The van der Waals surface area contributed by atoms with Gasteiger partial charge in [0.1, 0.15) is 17.8 Å². The van der Waals surface area contributed by atoms with Crippen molar-refractivity contribution in [3.8, 4) is 0 Å². The summed E-state index contributed by atoms with van der Waals surface area (Å²) in [5.41, 5.74) is -5.80. The summed E-state index contributed by atoms with van der Waals surface area (Å²) in [6.45, 7) is 9.42. The first-order valence-corrected chi connectivity index (χ1v) is 13.4. The maximum absolute atomic E-state index is 14.3. The van der Waals surface area contributed by atoms with Crippen LogP contribution in [0.3, 0.4) is 0 Å². The Morgan fingerprint density at radius 3 is 2.31 bits per heavy atom. The number of esters is 2. The molecule has 0 radical (unpaired) electrons. The number of benzene rings is 1. The smallest absolute Gasteiger partial charge is 0.338 e. The first-order valence-electron chi connectivity index (χ1n) is 13.4. The normalized spacial score (nSPS) is 40.9. The molecule has 0 unspecified atom stereocenters. The molecule has 3 aliphatic carbocycles. The number of Topliss-reactive ketones (excluding diaryl/α,β-unsaturated/α-hetero) is 2. The summed E-state index contributed by atoms with van der Waals surface area (Å²) in [5.74, 6) is -4.49. The Kier molecular flexibility index (Phi) is 6.25. The molecule has 9 nitrogen and oxygen atoms in total. The predicted molar refractivity (Wildman–Crippen MR) is 137 cm³/mol. The number of fused-ring (bicyclic) bond motifs is 5. The van der Waals surface area contributed by atoms with Crippen LogP contribution in [0.5, 0.6) is 0 Å².